The zero-order valence-electron chi connectivity index (χ0n) is 17.0. The molecule has 0 spiro atoms. The minimum Gasteiger partial charge on any atom is -0.408 e. The zero-order chi connectivity index (χ0) is 21.2. The molecule has 0 radical (unpaired) electrons. The number of nitrogens with zero attached hydrogens (tertiary/aromatic N) is 4. The normalized spacial score (nSPS) is 14.2. The van der Waals surface area contributed by atoms with Crippen LogP contribution in [0.1, 0.15) is 15.9 Å². The van der Waals surface area contributed by atoms with Crippen LogP contribution in [0.2, 0.25) is 0 Å². The minimum atomic E-state index is -0.424. The lowest BCUT2D eigenvalue weighted by molar-refractivity contribution is 0.0746. The van der Waals surface area contributed by atoms with Crippen molar-refractivity contribution >= 4 is 22.8 Å². The molecule has 1 saturated heterocycles. The van der Waals surface area contributed by atoms with E-state index in [1.54, 1.807) is 29.0 Å². The van der Waals surface area contributed by atoms with Gasteiger partial charge in [0.05, 0.1) is 12.1 Å². The van der Waals surface area contributed by atoms with E-state index in [0.29, 0.717) is 36.3 Å². The fraction of sp³-hybridized carbons (Fsp3) is 0.208. The molecular weight excluding hydrogens is 392 g/mol. The Bertz CT molecular complexity index is 1260. The van der Waals surface area contributed by atoms with E-state index in [-0.39, 0.29) is 5.91 Å². The predicted molar refractivity (Wildman–Crippen MR) is 118 cm³/mol. The summed E-state index contributed by atoms with van der Waals surface area (Å²) in [5.41, 5.74) is 2.67. The second kappa shape index (κ2) is 8.10. The number of oxazole rings is 1. The van der Waals surface area contributed by atoms with Crippen molar-refractivity contribution in [3.63, 3.8) is 0 Å². The molecule has 7 nitrogen and oxygen atoms in total. The molecule has 156 valence electrons. The fourth-order valence-corrected chi connectivity index (χ4v) is 3.97. The van der Waals surface area contributed by atoms with Crippen molar-refractivity contribution in [3.8, 4) is 0 Å². The molecule has 1 amide bonds. The number of pyridine rings is 1. The van der Waals surface area contributed by atoms with Crippen LogP contribution < -0.4 is 10.7 Å². The monoisotopic (exact) mass is 414 g/mol. The number of hydrogen-bond donors (Lipinski definition) is 0. The van der Waals surface area contributed by atoms with E-state index in [9.17, 15) is 9.59 Å². The third-order valence-electron chi connectivity index (χ3n) is 5.64. The molecule has 0 N–H and O–H groups in total. The Hall–Kier alpha value is -3.87. The molecule has 0 aliphatic carbocycles. The average Bonchev–Trinajstić information content (AvgIpc) is 3.14. The Morgan fingerprint density at radius 2 is 1.71 bits per heavy atom. The van der Waals surface area contributed by atoms with Crippen LogP contribution in [0.15, 0.2) is 82.1 Å². The number of anilines is 1. The molecule has 0 bridgehead atoms. The number of fused-ring (bicyclic) bond motifs is 1. The van der Waals surface area contributed by atoms with E-state index >= 15 is 0 Å². The van der Waals surface area contributed by atoms with Crippen molar-refractivity contribution in [1.29, 1.82) is 0 Å². The summed E-state index contributed by atoms with van der Waals surface area (Å²) in [5, 5.41) is 0. The van der Waals surface area contributed by atoms with Gasteiger partial charge in [-0.3, -0.25) is 9.36 Å². The first-order chi connectivity index (χ1) is 15.2. The maximum atomic E-state index is 13.1. The molecule has 0 saturated carbocycles. The molecular formula is C24H22N4O3. The Morgan fingerprint density at radius 3 is 2.45 bits per heavy atom. The number of piperazine rings is 1. The summed E-state index contributed by atoms with van der Waals surface area (Å²) < 4.78 is 6.95. The van der Waals surface area contributed by atoms with Gasteiger partial charge in [0, 0.05) is 37.9 Å². The van der Waals surface area contributed by atoms with Crippen LogP contribution in [0.4, 0.5) is 5.82 Å². The number of aromatic nitrogens is 2. The zero-order valence-corrected chi connectivity index (χ0v) is 17.0. The predicted octanol–water partition coefficient (Wildman–Crippen LogP) is 3.00. The molecule has 1 aliphatic heterocycles. The van der Waals surface area contributed by atoms with E-state index in [1.807, 2.05) is 53.4 Å². The van der Waals surface area contributed by atoms with Crippen molar-refractivity contribution in [3.05, 3.63) is 94.6 Å². The Kier molecular flexibility index (Phi) is 5.00. The number of benzene rings is 2. The van der Waals surface area contributed by atoms with Gasteiger partial charge in [-0.1, -0.05) is 36.4 Å². The number of carbonyl (C=O) groups excluding carboxylic acids is 1. The SMILES string of the molecule is O=C(c1ccc2oc(=O)n(Cc3ccccc3)c2c1)N1CCN(c2ccccn2)CC1. The molecule has 5 rings (SSSR count). The quantitative estimate of drug-likeness (QED) is 0.513. The summed E-state index contributed by atoms with van der Waals surface area (Å²) in [5.74, 6) is 0.467. The Balaban J connectivity index is 1.36. The van der Waals surface area contributed by atoms with Crippen molar-refractivity contribution in [2.75, 3.05) is 31.1 Å². The molecule has 0 unspecified atom stereocenters. The maximum absolute atomic E-state index is 13.1. The van der Waals surface area contributed by atoms with Crippen LogP contribution in [0.25, 0.3) is 11.1 Å². The second-order valence-corrected chi connectivity index (χ2v) is 7.59. The molecule has 7 heteroatoms. The van der Waals surface area contributed by atoms with Crippen molar-refractivity contribution in [1.82, 2.24) is 14.5 Å². The standard InChI is InChI=1S/C24H22N4O3/c29-23(27-14-12-26(13-15-27)22-8-4-5-11-25-22)19-9-10-21-20(16-19)28(24(30)31-21)17-18-6-2-1-3-7-18/h1-11,16H,12-15,17H2. The molecule has 4 aromatic rings. The largest absolute Gasteiger partial charge is 0.420 e. The van der Waals surface area contributed by atoms with E-state index < -0.39 is 5.76 Å². The van der Waals surface area contributed by atoms with Crippen LogP contribution >= 0.6 is 0 Å². The Morgan fingerprint density at radius 1 is 0.935 bits per heavy atom. The number of amides is 1. The highest BCUT2D eigenvalue weighted by Crippen LogP contribution is 2.19. The molecule has 3 heterocycles. The summed E-state index contributed by atoms with van der Waals surface area (Å²) in [7, 11) is 0. The molecule has 2 aromatic heterocycles. The molecule has 1 aliphatic rings. The van der Waals surface area contributed by atoms with Gasteiger partial charge >= 0.3 is 5.76 Å². The van der Waals surface area contributed by atoms with Gasteiger partial charge in [-0.2, -0.15) is 0 Å². The molecule has 2 aromatic carbocycles. The summed E-state index contributed by atoms with van der Waals surface area (Å²) >= 11 is 0. The van der Waals surface area contributed by atoms with Crippen molar-refractivity contribution < 1.29 is 9.21 Å². The number of carbonyl (C=O) groups is 1. The van der Waals surface area contributed by atoms with E-state index in [0.717, 1.165) is 24.5 Å². The summed E-state index contributed by atoms with van der Waals surface area (Å²) in [4.78, 5) is 33.9. The van der Waals surface area contributed by atoms with Gasteiger partial charge < -0.3 is 14.2 Å². The topological polar surface area (TPSA) is 71.6 Å². The molecule has 0 atom stereocenters. The minimum absolute atomic E-state index is 0.0394. The Labute approximate surface area is 179 Å². The maximum Gasteiger partial charge on any atom is 0.420 e. The van der Waals surface area contributed by atoms with Gasteiger partial charge in [0.2, 0.25) is 0 Å². The van der Waals surface area contributed by atoms with E-state index in [1.165, 1.54) is 0 Å². The summed E-state index contributed by atoms with van der Waals surface area (Å²) in [6.07, 6.45) is 1.78. The first kappa shape index (κ1) is 19.1. The van der Waals surface area contributed by atoms with Gasteiger partial charge in [0.15, 0.2) is 5.58 Å². The first-order valence-corrected chi connectivity index (χ1v) is 10.3. The van der Waals surface area contributed by atoms with Crippen LogP contribution in [0, 0.1) is 0 Å². The highest BCUT2D eigenvalue weighted by atomic mass is 16.4. The van der Waals surface area contributed by atoms with E-state index in [4.69, 9.17) is 4.42 Å². The van der Waals surface area contributed by atoms with Gasteiger partial charge in [-0.25, -0.2) is 9.78 Å². The molecule has 31 heavy (non-hydrogen) atoms. The van der Waals surface area contributed by atoms with Crippen LogP contribution in [-0.2, 0) is 6.54 Å². The highest BCUT2D eigenvalue weighted by molar-refractivity contribution is 5.97. The number of rotatable bonds is 4. The first-order valence-electron chi connectivity index (χ1n) is 10.3. The van der Waals surface area contributed by atoms with Crippen LogP contribution in [0.5, 0.6) is 0 Å². The van der Waals surface area contributed by atoms with Gasteiger partial charge in [0.25, 0.3) is 5.91 Å². The van der Waals surface area contributed by atoms with Gasteiger partial charge in [0.1, 0.15) is 5.82 Å². The van der Waals surface area contributed by atoms with Crippen molar-refractivity contribution in [2.45, 2.75) is 6.54 Å². The van der Waals surface area contributed by atoms with Crippen LogP contribution in [0.3, 0.4) is 0 Å². The number of hydrogen-bond acceptors (Lipinski definition) is 5. The third-order valence-corrected chi connectivity index (χ3v) is 5.64. The molecule has 1 fully saturated rings. The van der Waals surface area contributed by atoms with E-state index in [2.05, 4.69) is 9.88 Å². The van der Waals surface area contributed by atoms with Crippen LogP contribution in [-0.4, -0.2) is 46.5 Å². The third kappa shape index (κ3) is 3.82. The van der Waals surface area contributed by atoms with Gasteiger partial charge in [-0.05, 0) is 35.9 Å². The highest BCUT2D eigenvalue weighted by Gasteiger charge is 2.23. The smallest absolute Gasteiger partial charge is 0.408 e. The lowest BCUT2D eigenvalue weighted by Crippen LogP contribution is -2.49. The van der Waals surface area contributed by atoms with Crippen molar-refractivity contribution in [2.24, 2.45) is 0 Å². The lowest BCUT2D eigenvalue weighted by Gasteiger charge is -2.35. The lowest BCUT2D eigenvalue weighted by atomic mass is 10.1. The average molecular weight is 414 g/mol. The van der Waals surface area contributed by atoms with Gasteiger partial charge in [-0.15, -0.1) is 0 Å². The summed E-state index contributed by atoms with van der Waals surface area (Å²) in [6, 6.07) is 20.8. The summed E-state index contributed by atoms with van der Waals surface area (Å²) in [6.45, 7) is 3.10. The second-order valence-electron chi connectivity index (χ2n) is 7.59. The fourth-order valence-electron chi connectivity index (χ4n) is 3.97.